The molecular weight excluding hydrogens is 307 g/mol. The summed E-state index contributed by atoms with van der Waals surface area (Å²) >= 11 is 3.18. The average Bonchev–Trinajstić information content (AvgIpc) is 2.29. The second kappa shape index (κ2) is 6.10. The highest BCUT2D eigenvalue weighted by Crippen LogP contribution is 2.25. The number of nitrogens with two attached hydrogens (primary N) is 1. The molecule has 2 N–H and O–H groups in total. The summed E-state index contributed by atoms with van der Waals surface area (Å²) in [5, 5.41) is 0. The molecule has 2 rings (SSSR count). The summed E-state index contributed by atoms with van der Waals surface area (Å²) in [5.74, 6) is -0.352. The van der Waals surface area contributed by atoms with Gasteiger partial charge in [0.25, 0.3) is 0 Å². The van der Waals surface area contributed by atoms with Gasteiger partial charge in [0, 0.05) is 22.8 Å². The van der Waals surface area contributed by atoms with Gasteiger partial charge in [0.2, 0.25) is 0 Å². The van der Waals surface area contributed by atoms with E-state index in [1.165, 1.54) is 6.07 Å². The van der Waals surface area contributed by atoms with Gasteiger partial charge in [0.05, 0.1) is 0 Å². The van der Waals surface area contributed by atoms with Crippen molar-refractivity contribution >= 4 is 28.3 Å². The highest BCUT2D eigenvalue weighted by Gasteiger charge is 2.10. The molecule has 5 heteroatoms. The molecule has 2 aromatic rings. The Balaban J connectivity index is 0.00000144. The van der Waals surface area contributed by atoms with Crippen molar-refractivity contribution in [3.05, 3.63) is 52.4 Å². The van der Waals surface area contributed by atoms with E-state index in [4.69, 9.17) is 5.73 Å². The average molecular weight is 318 g/mol. The third kappa shape index (κ3) is 3.03. The maximum Gasteiger partial charge on any atom is 0.150 e. The maximum atomic E-state index is 13.7. The quantitative estimate of drug-likeness (QED) is 0.920. The Labute approximate surface area is 114 Å². The van der Waals surface area contributed by atoms with Crippen molar-refractivity contribution in [3.8, 4) is 11.3 Å². The zero-order valence-electron chi connectivity index (χ0n) is 8.86. The molecule has 1 aromatic heterocycles. The van der Waals surface area contributed by atoms with Crippen LogP contribution < -0.4 is 5.73 Å². The summed E-state index contributed by atoms with van der Waals surface area (Å²) in [4.78, 5) is 4.08. The van der Waals surface area contributed by atoms with Gasteiger partial charge in [-0.05, 0) is 27.6 Å². The largest absolute Gasteiger partial charge is 0.326 e. The number of benzene rings is 1. The first-order valence-corrected chi connectivity index (χ1v) is 5.61. The summed E-state index contributed by atoms with van der Waals surface area (Å²) < 4.78 is 14.3. The van der Waals surface area contributed by atoms with E-state index in [1.54, 1.807) is 6.20 Å². The van der Waals surface area contributed by atoms with Crippen molar-refractivity contribution in [2.24, 2.45) is 5.73 Å². The van der Waals surface area contributed by atoms with Crippen LogP contribution in [0.2, 0.25) is 0 Å². The fourth-order valence-corrected chi connectivity index (χ4v) is 1.85. The molecule has 0 unspecified atom stereocenters. The van der Waals surface area contributed by atoms with Crippen LogP contribution in [0.1, 0.15) is 5.56 Å². The number of nitrogens with zero attached hydrogens (tertiary/aromatic N) is 1. The molecule has 1 aromatic carbocycles. The Hall–Kier alpha value is -0.970. The topological polar surface area (TPSA) is 38.9 Å². The summed E-state index contributed by atoms with van der Waals surface area (Å²) in [5.41, 5.74) is 7.58. The summed E-state index contributed by atoms with van der Waals surface area (Å²) in [6.07, 6.45) is 1.58. The van der Waals surface area contributed by atoms with E-state index in [2.05, 4.69) is 20.9 Å². The van der Waals surface area contributed by atoms with Crippen LogP contribution in [0.3, 0.4) is 0 Å². The Bertz CT molecular complexity index is 520. The first-order valence-electron chi connectivity index (χ1n) is 4.81. The Morgan fingerprint density at radius 2 is 2.00 bits per heavy atom. The van der Waals surface area contributed by atoms with E-state index < -0.39 is 0 Å². The normalized spacial score (nSPS) is 9.82. The van der Waals surface area contributed by atoms with Crippen molar-refractivity contribution in [2.75, 3.05) is 0 Å². The van der Waals surface area contributed by atoms with E-state index in [0.717, 1.165) is 11.1 Å². The number of halogens is 3. The summed E-state index contributed by atoms with van der Waals surface area (Å²) in [6.45, 7) is 0.368. The van der Waals surface area contributed by atoms with Crippen molar-refractivity contribution in [1.29, 1.82) is 0 Å². The third-order valence-corrected chi connectivity index (χ3v) is 2.73. The van der Waals surface area contributed by atoms with E-state index in [9.17, 15) is 4.39 Å². The second-order valence-electron chi connectivity index (χ2n) is 3.35. The molecule has 0 atom stereocenters. The molecule has 0 aliphatic rings. The Kier molecular flexibility index (Phi) is 5.05. The third-order valence-electron chi connectivity index (χ3n) is 2.30. The van der Waals surface area contributed by atoms with Gasteiger partial charge in [-0.3, -0.25) is 4.98 Å². The molecule has 17 heavy (non-hydrogen) atoms. The van der Waals surface area contributed by atoms with E-state index >= 15 is 0 Å². The minimum atomic E-state index is -0.352. The van der Waals surface area contributed by atoms with Crippen molar-refractivity contribution < 1.29 is 4.39 Å². The monoisotopic (exact) mass is 316 g/mol. The lowest BCUT2D eigenvalue weighted by Crippen LogP contribution is -2.00. The molecule has 0 fully saturated rings. The fourth-order valence-electron chi connectivity index (χ4n) is 1.54. The molecule has 0 aliphatic carbocycles. The summed E-state index contributed by atoms with van der Waals surface area (Å²) in [6, 6.07) is 8.82. The van der Waals surface area contributed by atoms with E-state index in [1.807, 2.05) is 24.3 Å². The predicted octanol–water partition coefficient (Wildman–Crippen LogP) is 3.53. The van der Waals surface area contributed by atoms with Crippen LogP contribution in [0.15, 0.2) is 41.0 Å². The van der Waals surface area contributed by atoms with Crippen LogP contribution in [-0.4, -0.2) is 4.98 Å². The molecule has 1 heterocycles. The number of hydrogen-bond acceptors (Lipinski definition) is 2. The van der Waals surface area contributed by atoms with Gasteiger partial charge >= 0.3 is 0 Å². The first-order chi connectivity index (χ1) is 7.72. The minimum Gasteiger partial charge on any atom is -0.326 e. The molecule has 0 radical (unpaired) electrons. The lowest BCUT2D eigenvalue weighted by Gasteiger charge is -2.07. The fraction of sp³-hybridized carbons (Fsp3) is 0.0833. The van der Waals surface area contributed by atoms with Gasteiger partial charge in [-0.15, -0.1) is 12.4 Å². The van der Waals surface area contributed by atoms with Crippen LogP contribution in [0.25, 0.3) is 11.3 Å². The zero-order chi connectivity index (χ0) is 11.5. The highest BCUT2D eigenvalue weighted by molar-refractivity contribution is 9.10. The molecule has 0 bridgehead atoms. The van der Waals surface area contributed by atoms with Gasteiger partial charge in [0.15, 0.2) is 5.82 Å². The van der Waals surface area contributed by atoms with Crippen molar-refractivity contribution in [3.63, 3.8) is 0 Å². The van der Waals surface area contributed by atoms with Gasteiger partial charge < -0.3 is 5.73 Å². The Morgan fingerprint density at radius 3 is 2.65 bits per heavy atom. The predicted molar refractivity (Wildman–Crippen MR) is 72.5 cm³/mol. The van der Waals surface area contributed by atoms with Crippen LogP contribution in [0, 0.1) is 5.82 Å². The molecule has 0 saturated carbocycles. The molecule has 2 nitrogen and oxygen atoms in total. The number of hydrogen-bond donors (Lipinski definition) is 1. The maximum absolute atomic E-state index is 13.7. The molecule has 90 valence electrons. The van der Waals surface area contributed by atoms with Crippen LogP contribution in [0.5, 0.6) is 0 Å². The molecule has 0 aliphatic heterocycles. The SMILES string of the molecule is Cl.NCc1ccccc1-c1ncc(Br)cc1F. The summed E-state index contributed by atoms with van der Waals surface area (Å²) in [7, 11) is 0. The molecular formula is C12H11BrClFN2. The van der Waals surface area contributed by atoms with E-state index in [-0.39, 0.29) is 18.2 Å². The highest BCUT2D eigenvalue weighted by atomic mass is 79.9. The minimum absolute atomic E-state index is 0. The standard InChI is InChI=1S/C12H10BrFN2.ClH/c13-9-5-11(14)12(16-7-9)10-4-2-1-3-8(10)6-15;/h1-5,7H,6,15H2;1H. The number of aromatic nitrogens is 1. The van der Waals surface area contributed by atoms with Crippen LogP contribution in [0.4, 0.5) is 4.39 Å². The van der Waals surface area contributed by atoms with E-state index in [0.29, 0.717) is 16.7 Å². The Morgan fingerprint density at radius 1 is 1.29 bits per heavy atom. The number of rotatable bonds is 2. The van der Waals surface area contributed by atoms with Crippen LogP contribution in [-0.2, 0) is 6.54 Å². The first kappa shape index (κ1) is 14.1. The van der Waals surface area contributed by atoms with Crippen molar-refractivity contribution in [1.82, 2.24) is 4.98 Å². The zero-order valence-corrected chi connectivity index (χ0v) is 11.3. The van der Waals surface area contributed by atoms with Crippen LogP contribution >= 0.6 is 28.3 Å². The number of pyridine rings is 1. The molecule has 0 saturated heterocycles. The van der Waals surface area contributed by atoms with Gasteiger partial charge in [-0.2, -0.15) is 0 Å². The molecule has 0 spiro atoms. The lowest BCUT2D eigenvalue weighted by atomic mass is 10.0. The second-order valence-corrected chi connectivity index (χ2v) is 4.26. The van der Waals surface area contributed by atoms with Crippen molar-refractivity contribution in [2.45, 2.75) is 6.54 Å². The van der Waals surface area contributed by atoms with Gasteiger partial charge in [-0.25, -0.2) is 4.39 Å². The van der Waals surface area contributed by atoms with Gasteiger partial charge in [-0.1, -0.05) is 24.3 Å². The smallest absolute Gasteiger partial charge is 0.150 e. The lowest BCUT2D eigenvalue weighted by molar-refractivity contribution is 0.624. The van der Waals surface area contributed by atoms with Gasteiger partial charge in [0.1, 0.15) is 5.69 Å². The molecule has 0 amide bonds.